The summed E-state index contributed by atoms with van der Waals surface area (Å²) >= 11 is 2.10. The Morgan fingerprint density at radius 1 is 1.39 bits per heavy atom. The van der Waals surface area contributed by atoms with Crippen molar-refractivity contribution in [3.63, 3.8) is 0 Å². The van der Waals surface area contributed by atoms with Gasteiger partial charge >= 0.3 is 0 Å². The molecule has 1 saturated carbocycles. The maximum atomic E-state index is 8.86. The average molecular weight is 259 g/mol. The Bertz CT molecular complexity index is 447. The fourth-order valence-electron chi connectivity index (χ4n) is 2.66. The lowest BCUT2D eigenvalue weighted by Gasteiger charge is -2.26. The number of rotatable bonds is 3. The molecule has 2 heteroatoms. The van der Waals surface area contributed by atoms with Crippen molar-refractivity contribution in [2.45, 2.75) is 50.5 Å². The Kier molecular flexibility index (Phi) is 4.72. The van der Waals surface area contributed by atoms with Gasteiger partial charge in [0.05, 0.1) is 11.6 Å². The third-order valence-corrected chi connectivity index (χ3v) is 5.21. The molecular weight excluding hydrogens is 238 g/mol. The van der Waals surface area contributed by atoms with E-state index in [4.69, 9.17) is 5.26 Å². The zero-order valence-electron chi connectivity index (χ0n) is 11.3. The molecule has 0 N–H and O–H groups in total. The second-order valence-electron chi connectivity index (χ2n) is 5.46. The summed E-state index contributed by atoms with van der Waals surface area (Å²) in [5, 5.41) is 9.70. The molecule has 2 atom stereocenters. The lowest BCUT2D eigenvalue weighted by atomic mass is 9.91. The van der Waals surface area contributed by atoms with Crippen molar-refractivity contribution >= 4 is 11.8 Å². The van der Waals surface area contributed by atoms with Gasteiger partial charge in [-0.25, -0.2) is 0 Å². The normalized spacial score (nSPS) is 23.6. The first-order valence-electron chi connectivity index (χ1n) is 6.80. The maximum absolute atomic E-state index is 8.86. The van der Waals surface area contributed by atoms with E-state index in [-0.39, 0.29) is 0 Å². The van der Waals surface area contributed by atoms with Crippen LogP contribution in [0.15, 0.2) is 18.2 Å². The third-order valence-electron chi connectivity index (χ3n) is 3.83. The monoisotopic (exact) mass is 259 g/mol. The minimum Gasteiger partial charge on any atom is -0.192 e. The van der Waals surface area contributed by atoms with E-state index in [0.29, 0.717) is 0 Å². The summed E-state index contributed by atoms with van der Waals surface area (Å²) in [4.78, 5) is 0. The van der Waals surface area contributed by atoms with Gasteiger partial charge < -0.3 is 0 Å². The Morgan fingerprint density at radius 2 is 2.22 bits per heavy atom. The van der Waals surface area contributed by atoms with E-state index in [2.05, 4.69) is 37.7 Å². The molecule has 0 spiro atoms. The van der Waals surface area contributed by atoms with Crippen LogP contribution in [0.1, 0.15) is 49.3 Å². The van der Waals surface area contributed by atoms with E-state index in [1.807, 2.05) is 12.1 Å². The molecular formula is C16H21NS. The van der Waals surface area contributed by atoms with Gasteiger partial charge in [0, 0.05) is 11.0 Å². The fraction of sp³-hybridized carbons (Fsp3) is 0.562. The quantitative estimate of drug-likeness (QED) is 0.787. The second kappa shape index (κ2) is 6.29. The highest BCUT2D eigenvalue weighted by Crippen LogP contribution is 2.34. The highest BCUT2D eigenvalue weighted by molar-refractivity contribution is 7.99. The van der Waals surface area contributed by atoms with Gasteiger partial charge in [-0.05, 0) is 48.9 Å². The molecule has 1 nitrogen and oxygen atoms in total. The first-order valence-corrected chi connectivity index (χ1v) is 7.85. The molecule has 0 aromatic heterocycles. The van der Waals surface area contributed by atoms with Crippen molar-refractivity contribution in [2.75, 3.05) is 0 Å². The van der Waals surface area contributed by atoms with Crippen LogP contribution in [0.25, 0.3) is 0 Å². The van der Waals surface area contributed by atoms with Crippen LogP contribution in [0, 0.1) is 24.2 Å². The van der Waals surface area contributed by atoms with Crippen molar-refractivity contribution in [1.82, 2.24) is 0 Å². The highest BCUT2D eigenvalue weighted by atomic mass is 32.2. The Morgan fingerprint density at radius 3 is 2.89 bits per heavy atom. The first-order chi connectivity index (χ1) is 8.69. The third kappa shape index (κ3) is 3.53. The minimum atomic E-state index is 0.771. The van der Waals surface area contributed by atoms with Crippen LogP contribution in [-0.4, -0.2) is 5.25 Å². The smallest absolute Gasteiger partial charge is 0.0991 e. The summed E-state index contributed by atoms with van der Waals surface area (Å²) in [5.74, 6) is 1.99. The number of nitriles is 1. The molecule has 1 fully saturated rings. The molecule has 0 heterocycles. The minimum absolute atomic E-state index is 0.771. The van der Waals surface area contributed by atoms with Gasteiger partial charge in [0.15, 0.2) is 0 Å². The van der Waals surface area contributed by atoms with Gasteiger partial charge in [0.25, 0.3) is 0 Å². The predicted octanol–water partition coefficient (Wildman–Crippen LogP) is 4.68. The number of thioether (sulfide) groups is 1. The molecule has 96 valence electrons. The van der Waals surface area contributed by atoms with Gasteiger partial charge in [0.2, 0.25) is 0 Å². The van der Waals surface area contributed by atoms with Gasteiger partial charge in [0.1, 0.15) is 0 Å². The van der Waals surface area contributed by atoms with E-state index >= 15 is 0 Å². The largest absolute Gasteiger partial charge is 0.192 e. The average Bonchev–Trinajstić information content (AvgIpc) is 2.37. The lowest BCUT2D eigenvalue weighted by molar-refractivity contribution is 0.394. The van der Waals surface area contributed by atoms with Gasteiger partial charge in [-0.1, -0.05) is 25.8 Å². The van der Waals surface area contributed by atoms with E-state index in [9.17, 15) is 0 Å². The number of aryl methyl sites for hydroxylation is 1. The summed E-state index contributed by atoms with van der Waals surface area (Å²) in [5.41, 5.74) is 3.41. The van der Waals surface area contributed by atoms with Crippen LogP contribution in [0.2, 0.25) is 0 Å². The first kappa shape index (κ1) is 13.5. The molecule has 0 amide bonds. The molecule has 0 saturated heterocycles. The Balaban J connectivity index is 1.92. The summed E-state index contributed by atoms with van der Waals surface area (Å²) in [7, 11) is 0. The van der Waals surface area contributed by atoms with E-state index in [1.54, 1.807) is 0 Å². The predicted molar refractivity (Wildman–Crippen MR) is 78.6 cm³/mol. The number of benzene rings is 1. The van der Waals surface area contributed by atoms with Crippen molar-refractivity contribution in [1.29, 1.82) is 5.26 Å². The number of hydrogen-bond acceptors (Lipinski definition) is 2. The van der Waals surface area contributed by atoms with Crippen LogP contribution in [0.5, 0.6) is 0 Å². The van der Waals surface area contributed by atoms with Gasteiger partial charge in [-0.2, -0.15) is 17.0 Å². The molecule has 1 aromatic rings. The fourth-order valence-corrected chi connectivity index (χ4v) is 4.20. The standard InChI is InChI=1S/C16H21NS/c1-12-4-3-5-16(8-12)18-11-15-7-6-14(10-17)9-13(15)2/h6-7,9,12,16H,3-5,8,11H2,1-2H3. The van der Waals surface area contributed by atoms with Crippen LogP contribution in [-0.2, 0) is 5.75 Å². The van der Waals surface area contributed by atoms with Crippen molar-refractivity contribution in [3.8, 4) is 6.07 Å². The second-order valence-corrected chi connectivity index (χ2v) is 6.75. The molecule has 1 aliphatic carbocycles. The maximum Gasteiger partial charge on any atom is 0.0991 e. The summed E-state index contributed by atoms with van der Waals surface area (Å²) in [6.07, 6.45) is 5.56. The van der Waals surface area contributed by atoms with Crippen molar-refractivity contribution < 1.29 is 0 Å². The molecule has 2 rings (SSSR count). The molecule has 18 heavy (non-hydrogen) atoms. The molecule has 1 aliphatic rings. The van der Waals surface area contributed by atoms with Crippen molar-refractivity contribution in [2.24, 2.45) is 5.92 Å². The summed E-state index contributed by atoms with van der Waals surface area (Å²) < 4.78 is 0. The van der Waals surface area contributed by atoms with Crippen LogP contribution >= 0.6 is 11.8 Å². The number of nitrogens with zero attached hydrogens (tertiary/aromatic N) is 1. The SMILES string of the molecule is Cc1cc(C#N)ccc1CSC1CCCC(C)C1. The van der Waals surface area contributed by atoms with Crippen LogP contribution in [0.4, 0.5) is 0 Å². The van der Waals surface area contributed by atoms with E-state index < -0.39 is 0 Å². The summed E-state index contributed by atoms with van der Waals surface area (Å²) in [6.45, 7) is 4.49. The Labute approximate surface area is 115 Å². The molecule has 0 radical (unpaired) electrons. The summed E-state index contributed by atoms with van der Waals surface area (Å²) in [6, 6.07) is 8.25. The zero-order chi connectivity index (χ0) is 13.0. The zero-order valence-corrected chi connectivity index (χ0v) is 12.1. The van der Waals surface area contributed by atoms with Crippen molar-refractivity contribution in [3.05, 3.63) is 34.9 Å². The van der Waals surface area contributed by atoms with Gasteiger partial charge in [-0.3, -0.25) is 0 Å². The van der Waals surface area contributed by atoms with E-state index in [1.165, 1.54) is 36.8 Å². The molecule has 0 bridgehead atoms. The lowest BCUT2D eigenvalue weighted by Crippen LogP contribution is -2.15. The highest BCUT2D eigenvalue weighted by Gasteiger charge is 2.19. The molecule has 2 unspecified atom stereocenters. The van der Waals surface area contributed by atoms with Gasteiger partial charge in [-0.15, -0.1) is 0 Å². The van der Waals surface area contributed by atoms with Crippen LogP contribution < -0.4 is 0 Å². The topological polar surface area (TPSA) is 23.8 Å². The van der Waals surface area contributed by atoms with Crippen LogP contribution in [0.3, 0.4) is 0 Å². The Hall–Kier alpha value is -0.940. The molecule has 0 aliphatic heterocycles. The number of hydrogen-bond donors (Lipinski definition) is 0. The molecule has 1 aromatic carbocycles. The van der Waals surface area contributed by atoms with E-state index in [0.717, 1.165) is 22.5 Å².